The van der Waals surface area contributed by atoms with Gasteiger partial charge in [-0.05, 0) is 37.3 Å². The van der Waals surface area contributed by atoms with Gasteiger partial charge in [-0.1, -0.05) is 18.2 Å². The van der Waals surface area contributed by atoms with E-state index in [4.69, 9.17) is 9.47 Å². The quantitative estimate of drug-likeness (QED) is 0.766. The third-order valence-corrected chi connectivity index (χ3v) is 7.23. The lowest BCUT2D eigenvalue weighted by atomic mass is 10.1. The van der Waals surface area contributed by atoms with Crippen LogP contribution in [0.5, 0.6) is 5.75 Å². The number of rotatable bonds is 3. The lowest BCUT2D eigenvalue weighted by molar-refractivity contribution is 0.0303. The van der Waals surface area contributed by atoms with Crippen molar-refractivity contribution < 1.29 is 22.7 Å². The summed E-state index contributed by atoms with van der Waals surface area (Å²) in [7, 11) is -3.69. The van der Waals surface area contributed by atoms with E-state index in [0.717, 1.165) is 0 Å². The van der Waals surface area contributed by atoms with Crippen LogP contribution in [0.25, 0.3) is 0 Å². The molecule has 0 N–H and O–H groups in total. The predicted molar refractivity (Wildman–Crippen MR) is 107 cm³/mol. The molecule has 1 atom stereocenters. The molecule has 2 aromatic carbocycles. The molecule has 0 unspecified atom stereocenters. The number of sulfonamides is 1. The zero-order chi connectivity index (χ0) is 20.4. The van der Waals surface area contributed by atoms with E-state index in [0.29, 0.717) is 43.2 Å². The van der Waals surface area contributed by atoms with Gasteiger partial charge in [0.05, 0.1) is 24.2 Å². The Labute approximate surface area is 170 Å². The molecule has 1 amide bonds. The second-order valence-corrected chi connectivity index (χ2v) is 9.14. The Bertz CT molecular complexity index is 987. The van der Waals surface area contributed by atoms with E-state index in [9.17, 15) is 13.2 Å². The summed E-state index contributed by atoms with van der Waals surface area (Å²) in [6.45, 7) is 4.39. The third kappa shape index (κ3) is 4.01. The Morgan fingerprint density at radius 3 is 2.52 bits per heavy atom. The van der Waals surface area contributed by atoms with Crippen LogP contribution in [0.1, 0.15) is 22.8 Å². The van der Waals surface area contributed by atoms with Crippen LogP contribution in [0.3, 0.4) is 0 Å². The molecule has 2 heterocycles. The van der Waals surface area contributed by atoms with Crippen LogP contribution in [0.2, 0.25) is 0 Å². The number of amides is 1. The first kappa shape index (κ1) is 19.9. The first-order valence-electron chi connectivity index (χ1n) is 9.66. The molecule has 0 saturated carbocycles. The standard InChI is InChI=1S/C21H24N2O5S/c1-16-15-28-20-8-7-17(21(24)22-9-11-27-12-10-22)13-18(20)14-23(16)29(25,26)19-5-3-2-4-6-19/h2-8,13,16H,9-12,14-15H2,1H3/t16-/m0/s1. The van der Waals surface area contributed by atoms with E-state index in [2.05, 4.69) is 0 Å². The number of morpholine rings is 1. The molecule has 1 fully saturated rings. The van der Waals surface area contributed by atoms with E-state index in [1.165, 1.54) is 4.31 Å². The van der Waals surface area contributed by atoms with E-state index in [1.807, 2.05) is 6.92 Å². The molecule has 2 aliphatic rings. The maximum atomic E-state index is 13.2. The normalized spacial score (nSPS) is 20.4. The minimum absolute atomic E-state index is 0.0779. The summed E-state index contributed by atoms with van der Waals surface area (Å²) in [5, 5.41) is 0. The average molecular weight is 416 g/mol. The number of nitrogens with zero attached hydrogens (tertiary/aromatic N) is 2. The number of ether oxygens (including phenoxy) is 2. The lowest BCUT2D eigenvalue weighted by Crippen LogP contribution is -2.40. The van der Waals surface area contributed by atoms with Crippen molar-refractivity contribution >= 4 is 15.9 Å². The largest absolute Gasteiger partial charge is 0.492 e. The summed E-state index contributed by atoms with van der Waals surface area (Å²) in [6.07, 6.45) is 0. The molecule has 154 valence electrons. The van der Waals surface area contributed by atoms with Gasteiger partial charge < -0.3 is 14.4 Å². The molecule has 0 spiro atoms. The van der Waals surface area contributed by atoms with Crippen LogP contribution >= 0.6 is 0 Å². The van der Waals surface area contributed by atoms with Gasteiger partial charge in [0.25, 0.3) is 5.91 Å². The highest BCUT2D eigenvalue weighted by molar-refractivity contribution is 7.89. The van der Waals surface area contributed by atoms with Gasteiger partial charge in [-0.3, -0.25) is 4.79 Å². The highest BCUT2D eigenvalue weighted by Gasteiger charge is 2.33. The fraction of sp³-hybridized carbons (Fsp3) is 0.381. The minimum atomic E-state index is -3.69. The Balaban J connectivity index is 1.65. The summed E-state index contributed by atoms with van der Waals surface area (Å²) < 4.78 is 39.0. The predicted octanol–water partition coefficient (Wildman–Crippen LogP) is 2.13. The number of carbonyl (C=O) groups excluding carboxylic acids is 1. The molecule has 7 nitrogen and oxygen atoms in total. The maximum absolute atomic E-state index is 13.2. The number of carbonyl (C=O) groups is 1. The number of hydrogen-bond acceptors (Lipinski definition) is 5. The Morgan fingerprint density at radius 1 is 1.07 bits per heavy atom. The van der Waals surface area contributed by atoms with Crippen molar-refractivity contribution in [1.29, 1.82) is 0 Å². The zero-order valence-corrected chi connectivity index (χ0v) is 17.1. The van der Waals surface area contributed by atoms with Crippen molar-refractivity contribution in [3.05, 3.63) is 59.7 Å². The van der Waals surface area contributed by atoms with Crippen LogP contribution < -0.4 is 4.74 Å². The fourth-order valence-corrected chi connectivity index (χ4v) is 5.21. The van der Waals surface area contributed by atoms with Gasteiger partial charge in [0.1, 0.15) is 12.4 Å². The SMILES string of the molecule is C[C@H]1COc2ccc(C(=O)N3CCOCC3)cc2CN1S(=O)(=O)c1ccccc1. The van der Waals surface area contributed by atoms with Gasteiger partial charge in [0.15, 0.2) is 0 Å². The topological polar surface area (TPSA) is 76.2 Å². The minimum Gasteiger partial charge on any atom is -0.492 e. The zero-order valence-electron chi connectivity index (χ0n) is 16.3. The highest BCUT2D eigenvalue weighted by Crippen LogP contribution is 2.30. The fourth-order valence-electron chi connectivity index (χ4n) is 3.59. The van der Waals surface area contributed by atoms with Gasteiger partial charge >= 0.3 is 0 Å². The smallest absolute Gasteiger partial charge is 0.254 e. The Morgan fingerprint density at radius 2 is 1.79 bits per heavy atom. The molecule has 0 aliphatic carbocycles. The van der Waals surface area contributed by atoms with E-state index in [-0.39, 0.29) is 30.0 Å². The summed E-state index contributed by atoms with van der Waals surface area (Å²) in [4.78, 5) is 14.8. The molecule has 0 bridgehead atoms. The molecule has 0 aromatic heterocycles. The summed E-state index contributed by atoms with van der Waals surface area (Å²) in [6, 6.07) is 13.3. The third-order valence-electron chi connectivity index (χ3n) is 5.25. The average Bonchev–Trinajstić information content (AvgIpc) is 2.93. The second kappa shape index (κ2) is 8.14. The van der Waals surface area contributed by atoms with Crippen molar-refractivity contribution in [3.8, 4) is 5.75 Å². The van der Waals surface area contributed by atoms with Crippen molar-refractivity contribution in [3.63, 3.8) is 0 Å². The van der Waals surface area contributed by atoms with Crippen LogP contribution in [0.15, 0.2) is 53.4 Å². The first-order chi connectivity index (χ1) is 14.0. The second-order valence-electron chi connectivity index (χ2n) is 7.25. The van der Waals surface area contributed by atoms with Crippen molar-refractivity contribution in [2.45, 2.75) is 24.4 Å². The molecule has 2 aliphatic heterocycles. The Hall–Kier alpha value is -2.42. The summed E-state index contributed by atoms with van der Waals surface area (Å²) in [5.41, 5.74) is 1.22. The number of fused-ring (bicyclic) bond motifs is 1. The monoisotopic (exact) mass is 416 g/mol. The van der Waals surface area contributed by atoms with Gasteiger partial charge in [-0.15, -0.1) is 0 Å². The van der Waals surface area contributed by atoms with E-state index in [1.54, 1.807) is 53.4 Å². The van der Waals surface area contributed by atoms with Crippen molar-refractivity contribution in [2.24, 2.45) is 0 Å². The van der Waals surface area contributed by atoms with Crippen LogP contribution in [-0.4, -0.2) is 62.5 Å². The lowest BCUT2D eigenvalue weighted by Gasteiger charge is -2.27. The summed E-state index contributed by atoms with van der Waals surface area (Å²) in [5.74, 6) is 0.534. The van der Waals surface area contributed by atoms with Gasteiger partial charge in [0, 0.05) is 30.8 Å². The van der Waals surface area contributed by atoms with Crippen molar-refractivity contribution in [1.82, 2.24) is 9.21 Å². The highest BCUT2D eigenvalue weighted by atomic mass is 32.2. The molecule has 29 heavy (non-hydrogen) atoms. The molecular formula is C21H24N2O5S. The van der Waals surface area contributed by atoms with Gasteiger partial charge in [-0.25, -0.2) is 8.42 Å². The molecule has 8 heteroatoms. The van der Waals surface area contributed by atoms with E-state index < -0.39 is 10.0 Å². The summed E-state index contributed by atoms with van der Waals surface area (Å²) >= 11 is 0. The number of benzene rings is 2. The van der Waals surface area contributed by atoms with Gasteiger partial charge in [0.2, 0.25) is 10.0 Å². The van der Waals surface area contributed by atoms with Crippen LogP contribution in [0, 0.1) is 0 Å². The maximum Gasteiger partial charge on any atom is 0.254 e. The Kier molecular flexibility index (Phi) is 5.58. The van der Waals surface area contributed by atoms with Gasteiger partial charge in [-0.2, -0.15) is 4.31 Å². The molecule has 0 radical (unpaired) electrons. The van der Waals surface area contributed by atoms with Crippen LogP contribution in [-0.2, 0) is 21.3 Å². The molecule has 2 aromatic rings. The number of hydrogen-bond donors (Lipinski definition) is 0. The molecule has 4 rings (SSSR count). The molecule has 1 saturated heterocycles. The first-order valence-corrected chi connectivity index (χ1v) is 11.1. The van der Waals surface area contributed by atoms with E-state index >= 15 is 0 Å². The van der Waals surface area contributed by atoms with Crippen molar-refractivity contribution in [2.75, 3.05) is 32.9 Å². The molecular weight excluding hydrogens is 392 g/mol. The van der Waals surface area contributed by atoms with Crippen LogP contribution in [0.4, 0.5) is 0 Å².